The van der Waals surface area contributed by atoms with Gasteiger partial charge < -0.3 is 14.9 Å². The van der Waals surface area contributed by atoms with Crippen molar-refractivity contribution in [2.24, 2.45) is 5.92 Å². The fourth-order valence-electron chi connectivity index (χ4n) is 3.02. The number of hydrogen-bond acceptors (Lipinski definition) is 3. The molecule has 0 aromatic heterocycles. The van der Waals surface area contributed by atoms with Crippen molar-refractivity contribution in [3.05, 3.63) is 0 Å². The molecule has 5 heteroatoms. The van der Waals surface area contributed by atoms with Crippen LogP contribution in [0.1, 0.15) is 46.5 Å². The van der Waals surface area contributed by atoms with Crippen molar-refractivity contribution in [1.82, 2.24) is 9.80 Å². The van der Waals surface area contributed by atoms with Crippen molar-refractivity contribution in [3.63, 3.8) is 0 Å². The number of amides is 1. The Morgan fingerprint density at radius 2 is 1.75 bits per heavy atom. The Kier molecular flexibility index (Phi) is 6.99. The Morgan fingerprint density at radius 1 is 1.20 bits per heavy atom. The number of nitrogens with zero attached hydrogens (tertiary/aromatic N) is 2. The summed E-state index contributed by atoms with van der Waals surface area (Å²) in [5.74, 6) is -0.803. The van der Waals surface area contributed by atoms with E-state index in [1.54, 1.807) is 0 Å². The Bertz CT molecular complexity index is 321. The first kappa shape index (κ1) is 17.0. The number of aliphatic carboxylic acids is 1. The van der Waals surface area contributed by atoms with Gasteiger partial charge in [0.05, 0.1) is 0 Å². The van der Waals surface area contributed by atoms with Crippen LogP contribution in [0.15, 0.2) is 0 Å². The van der Waals surface area contributed by atoms with Gasteiger partial charge in [0, 0.05) is 32.0 Å². The maximum atomic E-state index is 12.1. The quantitative estimate of drug-likeness (QED) is 0.774. The number of carbonyl (C=O) groups excluding carboxylic acids is 1. The van der Waals surface area contributed by atoms with E-state index >= 15 is 0 Å². The second-order valence-electron chi connectivity index (χ2n) is 5.74. The first-order valence-electron chi connectivity index (χ1n) is 7.71. The fourth-order valence-corrected chi connectivity index (χ4v) is 3.02. The van der Waals surface area contributed by atoms with Crippen LogP contribution in [-0.2, 0) is 9.59 Å². The normalized spacial score (nSPS) is 18.3. The molecule has 0 spiro atoms. The molecule has 116 valence electrons. The highest BCUT2D eigenvalue weighted by atomic mass is 16.4. The first-order chi connectivity index (χ1) is 9.47. The van der Waals surface area contributed by atoms with Crippen molar-refractivity contribution in [2.75, 3.05) is 26.2 Å². The smallest absolute Gasteiger partial charge is 0.303 e. The minimum absolute atomic E-state index is 0.0711. The summed E-state index contributed by atoms with van der Waals surface area (Å²) in [4.78, 5) is 27.1. The van der Waals surface area contributed by atoms with E-state index in [2.05, 4.69) is 18.7 Å². The number of piperidine rings is 1. The van der Waals surface area contributed by atoms with Gasteiger partial charge in [0.2, 0.25) is 5.91 Å². The number of carboxylic acids is 1. The average molecular weight is 284 g/mol. The van der Waals surface area contributed by atoms with Crippen LogP contribution >= 0.6 is 0 Å². The molecule has 1 amide bonds. The number of carbonyl (C=O) groups is 2. The van der Waals surface area contributed by atoms with E-state index in [0.717, 1.165) is 39.0 Å². The highest BCUT2D eigenvalue weighted by molar-refractivity contribution is 5.77. The van der Waals surface area contributed by atoms with E-state index in [1.165, 1.54) is 0 Å². The molecule has 1 heterocycles. The van der Waals surface area contributed by atoms with Gasteiger partial charge in [0.1, 0.15) is 0 Å². The fraction of sp³-hybridized carbons (Fsp3) is 0.867. The summed E-state index contributed by atoms with van der Waals surface area (Å²) < 4.78 is 0. The van der Waals surface area contributed by atoms with E-state index < -0.39 is 5.97 Å². The van der Waals surface area contributed by atoms with Crippen molar-refractivity contribution in [3.8, 4) is 0 Å². The Hall–Kier alpha value is -1.10. The summed E-state index contributed by atoms with van der Waals surface area (Å²) in [5.41, 5.74) is 0. The number of likely N-dealkylation sites (tertiary alicyclic amines) is 1. The third kappa shape index (κ3) is 5.12. The van der Waals surface area contributed by atoms with Crippen LogP contribution in [0.4, 0.5) is 0 Å². The molecule has 1 N–H and O–H groups in total. The summed E-state index contributed by atoms with van der Waals surface area (Å²) in [7, 11) is 0. The van der Waals surface area contributed by atoms with Crippen LogP contribution in [0.2, 0.25) is 0 Å². The van der Waals surface area contributed by atoms with Crippen LogP contribution < -0.4 is 0 Å². The monoisotopic (exact) mass is 284 g/mol. The van der Waals surface area contributed by atoms with Crippen molar-refractivity contribution in [1.29, 1.82) is 0 Å². The van der Waals surface area contributed by atoms with Crippen molar-refractivity contribution >= 4 is 11.9 Å². The lowest BCUT2D eigenvalue weighted by Crippen LogP contribution is -2.46. The molecular formula is C15H28N2O3. The zero-order valence-corrected chi connectivity index (χ0v) is 13.0. The van der Waals surface area contributed by atoms with Gasteiger partial charge in [0.15, 0.2) is 0 Å². The summed E-state index contributed by atoms with van der Waals surface area (Å²) in [5, 5.41) is 8.73. The van der Waals surface area contributed by atoms with Gasteiger partial charge in [-0.2, -0.15) is 0 Å². The molecule has 1 rings (SSSR count). The minimum atomic E-state index is -0.828. The molecule has 0 radical (unpaired) electrons. The Labute approximate surface area is 121 Å². The van der Waals surface area contributed by atoms with Gasteiger partial charge in [-0.15, -0.1) is 0 Å². The number of hydrogen-bond donors (Lipinski definition) is 1. The largest absolute Gasteiger partial charge is 0.481 e. The maximum absolute atomic E-state index is 12.1. The second kappa shape index (κ2) is 8.25. The third-order valence-electron chi connectivity index (χ3n) is 4.19. The standard InChI is InChI=1S/C15H28N2O3/c1-4-16(5-2)13-6-8-17(9-7-13)14(18)10-12(3)11-15(19)20/h12-13H,4-11H2,1-3H3,(H,19,20). The van der Waals surface area contributed by atoms with Gasteiger partial charge in [0.25, 0.3) is 0 Å². The molecule has 0 aromatic rings. The third-order valence-corrected chi connectivity index (χ3v) is 4.19. The van der Waals surface area contributed by atoms with Gasteiger partial charge in [-0.05, 0) is 31.8 Å². The topological polar surface area (TPSA) is 60.9 Å². The van der Waals surface area contributed by atoms with E-state index in [1.807, 2.05) is 11.8 Å². The van der Waals surface area contributed by atoms with Gasteiger partial charge >= 0.3 is 5.97 Å². The molecule has 5 nitrogen and oxygen atoms in total. The molecule has 1 aliphatic heterocycles. The lowest BCUT2D eigenvalue weighted by molar-refractivity contribution is -0.138. The molecule has 1 aliphatic rings. The van der Waals surface area contributed by atoms with Crippen LogP contribution in [0, 0.1) is 5.92 Å². The molecule has 0 saturated carbocycles. The zero-order chi connectivity index (χ0) is 15.1. The first-order valence-corrected chi connectivity index (χ1v) is 7.71. The maximum Gasteiger partial charge on any atom is 0.303 e. The van der Waals surface area contributed by atoms with Crippen LogP contribution in [0.3, 0.4) is 0 Å². The van der Waals surface area contributed by atoms with Crippen LogP contribution in [0.25, 0.3) is 0 Å². The minimum Gasteiger partial charge on any atom is -0.481 e. The van der Waals surface area contributed by atoms with E-state index in [4.69, 9.17) is 5.11 Å². The lowest BCUT2D eigenvalue weighted by atomic mass is 10.00. The average Bonchev–Trinajstić information content (AvgIpc) is 2.39. The van der Waals surface area contributed by atoms with Gasteiger partial charge in [-0.1, -0.05) is 20.8 Å². The molecule has 1 atom stereocenters. The lowest BCUT2D eigenvalue weighted by Gasteiger charge is -2.38. The van der Waals surface area contributed by atoms with Crippen LogP contribution in [0.5, 0.6) is 0 Å². The predicted molar refractivity (Wildman–Crippen MR) is 78.6 cm³/mol. The number of carboxylic acid groups (broad SMARTS) is 1. The highest BCUT2D eigenvalue weighted by Gasteiger charge is 2.26. The predicted octanol–water partition coefficient (Wildman–Crippen LogP) is 1.82. The highest BCUT2D eigenvalue weighted by Crippen LogP contribution is 2.18. The Balaban J connectivity index is 2.37. The Morgan fingerprint density at radius 3 is 2.20 bits per heavy atom. The summed E-state index contributed by atoms with van der Waals surface area (Å²) in [6, 6.07) is 0.588. The van der Waals surface area contributed by atoms with Gasteiger partial charge in [-0.25, -0.2) is 0 Å². The summed E-state index contributed by atoms with van der Waals surface area (Å²) in [6.45, 7) is 9.91. The van der Waals surface area contributed by atoms with Gasteiger partial charge in [-0.3, -0.25) is 9.59 Å². The molecule has 1 unspecified atom stereocenters. The molecule has 20 heavy (non-hydrogen) atoms. The molecule has 1 saturated heterocycles. The molecule has 0 bridgehead atoms. The SMILES string of the molecule is CCN(CC)C1CCN(C(=O)CC(C)CC(=O)O)CC1. The van der Waals surface area contributed by atoms with E-state index in [-0.39, 0.29) is 18.2 Å². The molecular weight excluding hydrogens is 256 g/mol. The van der Waals surface area contributed by atoms with Crippen LogP contribution in [-0.4, -0.2) is 59.0 Å². The molecule has 0 aliphatic carbocycles. The molecule has 1 fully saturated rings. The summed E-state index contributed by atoms with van der Waals surface area (Å²) >= 11 is 0. The second-order valence-corrected chi connectivity index (χ2v) is 5.74. The van der Waals surface area contributed by atoms with Crippen molar-refractivity contribution in [2.45, 2.75) is 52.5 Å². The number of rotatable bonds is 7. The van der Waals surface area contributed by atoms with E-state index in [9.17, 15) is 9.59 Å². The summed E-state index contributed by atoms with van der Waals surface area (Å²) in [6.07, 6.45) is 2.48. The zero-order valence-electron chi connectivity index (χ0n) is 13.0. The molecule has 0 aromatic carbocycles. The van der Waals surface area contributed by atoms with Crippen molar-refractivity contribution < 1.29 is 14.7 Å². The van der Waals surface area contributed by atoms with E-state index in [0.29, 0.717) is 12.5 Å².